The Kier molecular flexibility index (Phi) is 7.31. The van der Waals surface area contributed by atoms with Gasteiger partial charge in [-0.05, 0) is 12.3 Å². The van der Waals surface area contributed by atoms with Gasteiger partial charge in [-0.2, -0.15) is 0 Å². The maximum Gasteiger partial charge on any atom is 0.330 e. The van der Waals surface area contributed by atoms with Gasteiger partial charge in [-0.15, -0.1) is 0 Å². The van der Waals surface area contributed by atoms with Gasteiger partial charge in [0.2, 0.25) is 0 Å². The summed E-state index contributed by atoms with van der Waals surface area (Å²) >= 11 is 5.21. The summed E-state index contributed by atoms with van der Waals surface area (Å²) in [7, 11) is 7.85. The molecule has 7 nitrogen and oxygen atoms in total. The molecule has 0 aliphatic rings. The van der Waals surface area contributed by atoms with Crippen molar-refractivity contribution >= 4 is 23.4 Å². The average molecular weight is 357 g/mol. The van der Waals surface area contributed by atoms with E-state index in [0.717, 1.165) is 23.0 Å². The highest BCUT2D eigenvalue weighted by Crippen LogP contribution is 2.10. The second kappa shape index (κ2) is 8.55. The Morgan fingerprint density at radius 1 is 1.38 bits per heavy atom. The van der Waals surface area contributed by atoms with Gasteiger partial charge in [0.25, 0.3) is 0 Å². The summed E-state index contributed by atoms with van der Waals surface area (Å²) in [5, 5.41) is 8.39. The van der Waals surface area contributed by atoms with Crippen LogP contribution in [0.2, 0.25) is 0 Å². The van der Waals surface area contributed by atoms with Gasteiger partial charge in [0.05, 0.1) is 34.1 Å². The lowest BCUT2D eigenvalue weighted by atomic mass is 10.1. The van der Waals surface area contributed by atoms with Crippen molar-refractivity contribution in [3.05, 3.63) is 21.5 Å². The Hall–Kier alpha value is -1.51. The largest absolute Gasteiger partial charge is 0.391 e. The van der Waals surface area contributed by atoms with Crippen LogP contribution in [-0.2, 0) is 13.6 Å². The number of imidazole rings is 1. The minimum atomic E-state index is -0.102. The average Bonchev–Trinajstić information content (AvgIpc) is 2.93. The van der Waals surface area contributed by atoms with E-state index in [0.29, 0.717) is 22.8 Å². The number of aliphatic hydroxyl groups excluding tert-OH is 1. The number of aryl methyl sites for hydroxylation is 1. The van der Waals surface area contributed by atoms with Crippen LogP contribution in [0.1, 0.15) is 20.3 Å². The summed E-state index contributed by atoms with van der Waals surface area (Å²) in [5.41, 5.74) is 1.31. The van der Waals surface area contributed by atoms with Gasteiger partial charge in [0, 0.05) is 13.6 Å². The number of nitrogens with one attached hydrogen (secondary N) is 1. The van der Waals surface area contributed by atoms with E-state index in [9.17, 15) is 4.79 Å². The smallest absolute Gasteiger partial charge is 0.330 e. The van der Waals surface area contributed by atoms with Crippen molar-refractivity contribution in [2.45, 2.75) is 26.8 Å². The van der Waals surface area contributed by atoms with Crippen molar-refractivity contribution in [2.75, 3.05) is 34.3 Å². The molecule has 2 N–H and O–H groups in total. The molecule has 0 atom stereocenters. The molecule has 2 heterocycles. The minimum absolute atomic E-state index is 0.102. The predicted molar refractivity (Wildman–Crippen MR) is 99.6 cm³/mol. The monoisotopic (exact) mass is 356 g/mol. The molecular weight excluding hydrogens is 326 g/mol. The molecule has 0 amide bonds. The van der Waals surface area contributed by atoms with Gasteiger partial charge in [-0.1, -0.05) is 26.1 Å². The van der Waals surface area contributed by atoms with E-state index < -0.39 is 0 Å². The molecule has 8 heteroatoms. The topological polar surface area (TPSA) is 75.8 Å². The zero-order valence-electron chi connectivity index (χ0n) is 15.5. The molecule has 0 aliphatic heterocycles. The summed E-state index contributed by atoms with van der Waals surface area (Å²) in [6.45, 7) is 6.05. The molecule has 0 aliphatic carbocycles. The minimum Gasteiger partial charge on any atom is -0.391 e. The third kappa shape index (κ3) is 5.54. The normalized spacial score (nSPS) is 11.7. The van der Waals surface area contributed by atoms with Crippen LogP contribution in [0.5, 0.6) is 0 Å². The number of aliphatic hydroxyl groups is 1. The van der Waals surface area contributed by atoms with Crippen LogP contribution in [0.25, 0.3) is 11.2 Å². The molecule has 2 rings (SSSR count). The van der Waals surface area contributed by atoms with Crippen molar-refractivity contribution in [1.29, 1.82) is 0 Å². The van der Waals surface area contributed by atoms with Crippen molar-refractivity contribution in [1.82, 2.24) is 19.1 Å². The van der Waals surface area contributed by atoms with Gasteiger partial charge >= 0.3 is 5.69 Å². The molecule has 0 aromatic carbocycles. The van der Waals surface area contributed by atoms with Gasteiger partial charge in [-0.25, -0.2) is 9.78 Å². The molecular formula is C16H30N5O2S+. The number of quaternary nitrogens is 1. The molecule has 0 fully saturated rings. The molecule has 0 saturated heterocycles. The first-order chi connectivity index (χ1) is 11.1. The first kappa shape index (κ1) is 20.5. The lowest BCUT2D eigenvalue weighted by Gasteiger charge is -2.21. The fraction of sp³-hybridized carbons (Fsp3) is 0.688. The van der Waals surface area contributed by atoms with Crippen LogP contribution >= 0.6 is 12.2 Å². The van der Waals surface area contributed by atoms with Crippen molar-refractivity contribution in [3.63, 3.8) is 0 Å². The Labute approximate surface area is 148 Å². The SMILES string of the molecule is CC(C)CCn1c(=O)n(C)c(=S)c2[nH]cnc21.C[N+](C)(C)CCO. The molecule has 0 unspecified atom stereocenters. The van der Waals surface area contributed by atoms with E-state index in [1.807, 2.05) is 0 Å². The van der Waals surface area contributed by atoms with E-state index in [-0.39, 0.29) is 12.3 Å². The van der Waals surface area contributed by atoms with E-state index in [2.05, 4.69) is 45.0 Å². The van der Waals surface area contributed by atoms with Crippen molar-refractivity contribution in [2.24, 2.45) is 13.0 Å². The molecule has 2 aromatic heterocycles. The van der Waals surface area contributed by atoms with Crippen LogP contribution in [-0.4, -0.2) is 63.0 Å². The molecule has 0 bridgehead atoms. The number of hydrogen-bond donors (Lipinski definition) is 2. The summed E-state index contributed by atoms with van der Waals surface area (Å²) in [6, 6.07) is 0. The molecule has 24 heavy (non-hydrogen) atoms. The van der Waals surface area contributed by atoms with Gasteiger partial charge in [0.1, 0.15) is 16.7 Å². The number of likely N-dealkylation sites (N-methyl/N-ethyl adjacent to an activating group) is 1. The molecule has 0 saturated carbocycles. The number of H-pyrrole nitrogens is 1. The van der Waals surface area contributed by atoms with E-state index in [1.54, 1.807) is 17.9 Å². The number of hydrogen-bond acceptors (Lipinski definition) is 4. The van der Waals surface area contributed by atoms with Gasteiger partial charge < -0.3 is 14.6 Å². The number of aromatic amines is 1. The number of nitrogens with zero attached hydrogens (tertiary/aromatic N) is 4. The Balaban J connectivity index is 0.000000351. The highest BCUT2D eigenvalue weighted by molar-refractivity contribution is 7.71. The summed E-state index contributed by atoms with van der Waals surface area (Å²) in [5.74, 6) is 0.546. The van der Waals surface area contributed by atoms with Gasteiger partial charge in [0.15, 0.2) is 5.65 Å². The van der Waals surface area contributed by atoms with Crippen LogP contribution < -0.4 is 5.69 Å². The zero-order valence-corrected chi connectivity index (χ0v) is 16.4. The fourth-order valence-electron chi connectivity index (χ4n) is 2.06. The second-order valence-electron chi connectivity index (χ2n) is 7.32. The van der Waals surface area contributed by atoms with E-state index in [1.165, 1.54) is 4.57 Å². The highest BCUT2D eigenvalue weighted by Gasteiger charge is 2.10. The lowest BCUT2D eigenvalue weighted by Crippen LogP contribution is -2.36. The van der Waals surface area contributed by atoms with Crippen molar-refractivity contribution < 1.29 is 9.59 Å². The van der Waals surface area contributed by atoms with Crippen LogP contribution in [0, 0.1) is 10.6 Å². The number of fused-ring (bicyclic) bond motifs is 1. The Morgan fingerprint density at radius 2 is 2.00 bits per heavy atom. The van der Waals surface area contributed by atoms with Crippen molar-refractivity contribution in [3.8, 4) is 0 Å². The van der Waals surface area contributed by atoms with Crippen LogP contribution in [0.4, 0.5) is 0 Å². The zero-order chi connectivity index (χ0) is 18.5. The van der Waals surface area contributed by atoms with Crippen LogP contribution in [0.3, 0.4) is 0 Å². The quantitative estimate of drug-likeness (QED) is 0.629. The predicted octanol–water partition coefficient (Wildman–Crippen LogP) is 1.52. The summed E-state index contributed by atoms with van der Waals surface area (Å²) in [6.07, 6.45) is 2.52. The Bertz CT molecular complexity index is 767. The van der Waals surface area contributed by atoms with E-state index >= 15 is 0 Å². The number of rotatable bonds is 5. The summed E-state index contributed by atoms with van der Waals surface area (Å²) < 4.78 is 4.51. The first-order valence-corrected chi connectivity index (χ1v) is 8.53. The molecule has 136 valence electrons. The molecule has 0 radical (unpaired) electrons. The van der Waals surface area contributed by atoms with Crippen LogP contribution in [0.15, 0.2) is 11.1 Å². The molecule has 2 aromatic rings. The Morgan fingerprint density at radius 3 is 2.46 bits per heavy atom. The third-order valence-corrected chi connectivity index (χ3v) is 4.09. The maximum atomic E-state index is 12.1. The fourth-order valence-corrected chi connectivity index (χ4v) is 2.29. The summed E-state index contributed by atoms with van der Waals surface area (Å²) in [4.78, 5) is 19.3. The maximum absolute atomic E-state index is 12.1. The second-order valence-corrected chi connectivity index (χ2v) is 7.71. The highest BCUT2D eigenvalue weighted by atomic mass is 32.1. The number of aromatic nitrogens is 4. The molecule has 0 spiro atoms. The van der Waals surface area contributed by atoms with E-state index in [4.69, 9.17) is 17.3 Å². The van der Waals surface area contributed by atoms with Gasteiger partial charge in [-0.3, -0.25) is 9.13 Å². The first-order valence-electron chi connectivity index (χ1n) is 8.12. The lowest BCUT2D eigenvalue weighted by molar-refractivity contribution is -0.870. The third-order valence-electron chi connectivity index (χ3n) is 3.61. The standard InChI is InChI=1S/C11H16N4OS.C5H14NO/c1-7(2)4-5-15-9-8(12-6-13-9)10(17)14(3)11(15)16;1-6(2,3)4-5-7/h6-7H,4-5H2,1-3H3,(H,12,13);7H,4-5H2,1-3H3/q;+1.